The van der Waals surface area contributed by atoms with Gasteiger partial charge >= 0.3 is 0 Å². The first-order chi connectivity index (χ1) is 5.36. The molecule has 0 radical (unpaired) electrons. The van der Waals surface area contributed by atoms with E-state index >= 15 is 0 Å². The summed E-state index contributed by atoms with van der Waals surface area (Å²) < 4.78 is 5.22. The van der Waals surface area contributed by atoms with E-state index in [1.807, 2.05) is 0 Å². The molecule has 0 aliphatic carbocycles. The largest absolute Gasteiger partial charge is 0.478 e. The Kier molecular flexibility index (Phi) is 1.52. The van der Waals surface area contributed by atoms with Gasteiger partial charge in [0.25, 0.3) is 0 Å². The van der Waals surface area contributed by atoms with Gasteiger partial charge < -0.3 is 10.1 Å². The minimum absolute atomic E-state index is 0.0602. The maximum atomic E-state index is 10.8. The van der Waals surface area contributed by atoms with E-state index in [1.165, 1.54) is 0 Å². The summed E-state index contributed by atoms with van der Waals surface area (Å²) in [7, 11) is 0. The maximum absolute atomic E-state index is 10.8. The van der Waals surface area contributed by atoms with Crippen LogP contribution in [0.1, 0.15) is 12.8 Å². The molecule has 0 saturated carbocycles. The lowest BCUT2D eigenvalue weighted by Crippen LogP contribution is -2.33. The number of amides is 1. The number of rotatable bonds is 1. The number of nitrogens with one attached hydrogen (secondary N) is 1. The van der Waals surface area contributed by atoms with Gasteiger partial charge in [-0.1, -0.05) is 0 Å². The summed E-state index contributed by atoms with van der Waals surface area (Å²) in [6.07, 6.45) is 1.44. The molecule has 1 saturated heterocycles. The Morgan fingerprint density at radius 3 is 3.09 bits per heavy atom. The van der Waals surface area contributed by atoms with Crippen molar-refractivity contribution >= 4 is 11.8 Å². The highest BCUT2D eigenvalue weighted by Gasteiger charge is 2.27. The van der Waals surface area contributed by atoms with E-state index in [2.05, 4.69) is 10.3 Å². The SMILES string of the molecule is O=C1CCC(C2=NCCO2)N1. The molecule has 60 valence electrons. The molecule has 2 aliphatic rings. The first kappa shape index (κ1) is 6.64. The highest BCUT2D eigenvalue weighted by atomic mass is 16.5. The topological polar surface area (TPSA) is 50.7 Å². The lowest BCUT2D eigenvalue weighted by Gasteiger charge is -2.08. The Bertz CT molecular complexity index is 212. The molecule has 0 spiro atoms. The van der Waals surface area contributed by atoms with E-state index in [0.29, 0.717) is 13.0 Å². The van der Waals surface area contributed by atoms with Crippen LogP contribution in [0.25, 0.3) is 0 Å². The first-order valence-electron chi connectivity index (χ1n) is 3.83. The third-order valence-electron chi connectivity index (χ3n) is 1.90. The molecule has 0 aromatic heterocycles. The van der Waals surface area contributed by atoms with Gasteiger partial charge in [0.15, 0.2) is 0 Å². The second kappa shape index (κ2) is 2.53. The number of aliphatic imine (C=N–C) groups is 1. The highest BCUT2D eigenvalue weighted by molar-refractivity contribution is 5.91. The molecule has 2 aliphatic heterocycles. The van der Waals surface area contributed by atoms with Gasteiger partial charge in [-0.15, -0.1) is 0 Å². The van der Waals surface area contributed by atoms with Crippen LogP contribution in [0.2, 0.25) is 0 Å². The van der Waals surface area contributed by atoms with Crippen molar-refractivity contribution in [1.29, 1.82) is 0 Å². The number of nitrogens with zero attached hydrogens (tertiary/aromatic N) is 1. The summed E-state index contributed by atoms with van der Waals surface area (Å²) in [4.78, 5) is 14.9. The zero-order chi connectivity index (χ0) is 7.68. The van der Waals surface area contributed by atoms with Crippen molar-refractivity contribution in [3.63, 3.8) is 0 Å². The number of hydrogen-bond acceptors (Lipinski definition) is 3. The van der Waals surface area contributed by atoms with Crippen LogP contribution in [0.15, 0.2) is 4.99 Å². The second-order valence-electron chi connectivity index (χ2n) is 2.73. The number of hydrogen-bond donors (Lipinski definition) is 1. The molecular formula is C7H10N2O2. The highest BCUT2D eigenvalue weighted by Crippen LogP contribution is 2.11. The van der Waals surface area contributed by atoms with Gasteiger partial charge in [0.1, 0.15) is 12.6 Å². The van der Waals surface area contributed by atoms with Crippen molar-refractivity contribution in [1.82, 2.24) is 5.32 Å². The van der Waals surface area contributed by atoms with Gasteiger partial charge in [-0.3, -0.25) is 9.79 Å². The summed E-state index contributed by atoms with van der Waals surface area (Å²) in [5.41, 5.74) is 0. The molecule has 0 aromatic rings. The minimum atomic E-state index is 0.0602. The fraction of sp³-hybridized carbons (Fsp3) is 0.714. The molecule has 1 unspecified atom stereocenters. The summed E-state index contributed by atoms with van der Waals surface area (Å²) in [5.74, 6) is 0.823. The van der Waals surface area contributed by atoms with Crippen LogP contribution < -0.4 is 5.32 Å². The van der Waals surface area contributed by atoms with E-state index in [9.17, 15) is 4.79 Å². The Labute approximate surface area is 64.6 Å². The molecule has 4 nitrogen and oxygen atoms in total. The predicted octanol–water partition coefficient (Wildman–Crippen LogP) is -0.306. The monoisotopic (exact) mass is 154 g/mol. The van der Waals surface area contributed by atoms with Gasteiger partial charge in [0, 0.05) is 6.42 Å². The van der Waals surface area contributed by atoms with Gasteiger partial charge in [0.05, 0.1) is 6.54 Å². The normalized spacial score (nSPS) is 29.6. The van der Waals surface area contributed by atoms with Crippen molar-refractivity contribution in [3.05, 3.63) is 0 Å². The molecule has 2 rings (SSSR count). The smallest absolute Gasteiger partial charge is 0.220 e. The molecule has 11 heavy (non-hydrogen) atoms. The van der Waals surface area contributed by atoms with Crippen LogP contribution >= 0.6 is 0 Å². The Balaban J connectivity index is 2.00. The third kappa shape index (κ3) is 1.20. The van der Waals surface area contributed by atoms with Gasteiger partial charge in [0.2, 0.25) is 11.8 Å². The lowest BCUT2D eigenvalue weighted by atomic mass is 10.2. The fourth-order valence-corrected chi connectivity index (χ4v) is 1.36. The van der Waals surface area contributed by atoms with Crippen LogP contribution in [0.5, 0.6) is 0 Å². The molecule has 1 N–H and O–H groups in total. The van der Waals surface area contributed by atoms with E-state index in [4.69, 9.17) is 4.74 Å². The zero-order valence-electron chi connectivity index (χ0n) is 6.17. The molecule has 1 fully saturated rings. The minimum Gasteiger partial charge on any atom is -0.478 e. The molecule has 2 heterocycles. The Morgan fingerprint density at radius 1 is 1.64 bits per heavy atom. The van der Waals surface area contributed by atoms with Gasteiger partial charge in [-0.05, 0) is 6.42 Å². The quantitative estimate of drug-likeness (QED) is 0.563. The molecule has 1 atom stereocenters. The van der Waals surface area contributed by atoms with Crippen molar-refractivity contribution in [3.8, 4) is 0 Å². The molecule has 1 amide bonds. The predicted molar refractivity (Wildman–Crippen MR) is 39.4 cm³/mol. The van der Waals surface area contributed by atoms with E-state index in [1.54, 1.807) is 0 Å². The summed E-state index contributed by atoms with van der Waals surface area (Å²) in [6, 6.07) is 0.0602. The van der Waals surface area contributed by atoms with Crippen molar-refractivity contribution < 1.29 is 9.53 Å². The molecule has 0 bridgehead atoms. The fourth-order valence-electron chi connectivity index (χ4n) is 1.36. The lowest BCUT2D eigenvalue weighted by molar-refractivity contribution is -0.119. The zero-order valence-corrected chi connectivity index (χ0v) is 6.17. The van der Waals surface area contributed by atoms with Crippen molar-refractivity contribution in [2.45, 2.75) is 18.9 Å². The van der Waals surface area contributed by atoms with Gasteiger partial charge in [-0.2, -0.15) is 0 Å². The van der Waals surface area contributed by atoms with Crippen molar-refractivity contribution in [2.75, 3.05) is 13.2 Å². The van der Waals surface area contributed by atoms with Crippen molar-refractivity contribution in [2.24, 2.45) is 4.99 Å². The number of ether oxygens (including phenoxy) is 1. The summed E-state index contributed by atoms with van der Waals surface area (Å²) >= 11 is 0. The number of carbonyl (C=O) groups is 1. The Hall–Kier alpha value is -1.06. The summed E-state index contributed by atoms with van der Waals surface area (Å²) in [6.45, 7) is 1.41. The van der Waals surface area contributed by atoms with Gasteiger partial charge in [-0.25, -0.2) is 0 Å². The first-order valence-corrected chi connectivity index (χ1v) is 3.83. The van der Waals surface area contributed by atoms with E-state index in [-0.39, 0.29) is 11.9 Å². The standard InChI is InChI=1S/C7H10N2O2/c10-6-2-1-5(9-6)7-8-3-4-11-7/h5H,1-4H2,(H,9,10). The molecule has 0 aromatic carbocycles. The second-order valence-corrected chi connectivity index (χ2v) is 2.73. The summed E-state index contributed by atoms with van der Waals surface area (Å²) in [5, 5.41) is 2.80. The molecule has 4 heteroatoms. The Morgan fingerprint density at radius 2 is 2.55 bits per heavy atom. The molecular weight excluding hydrogens is 144 g/mol. The van der Waals surface area contributed by atoms with Crippen LogP contribution in [0, 0.1) is 0 Å². The van der Waals surface area contributed by atoms with E-state index < -0.39 is 0 Å². The maximum Gasteiger partial charge on any atom is 0.220 e. The van der Waals surface area contributed by atoms with Crippen LogP contribution in [0.3, 0.4) is 0 Å². The van der Waals surface area contributed by atoms with Crippen LogP contribution in [-0.4, -0.2) is 31.0 Å². The number of carbonyl (C=O) groups excluding carboxylic acids is 1. The average Bonchev–Trinajstić information content (AvgIpc) is 2.55. The van der Waals surface area contributed by atoms with Crippen LogP contribution in [-0.2, 0) is 9.53 Å². The third-order valence-corrected chi connectivity index (χ3v) is 1.90. The van der Waals surface area contributed by atoms with Crippen LogP contribution in [0.4, 0.5) is 0 Å². The van der Waals surface area contributed by atoms with E-state index in [0.717, 1.165) is 18.9 Å². The average molecular weight is 154 g/mol.